The second kappa shape index (κ2) is 33.5. The standard InChI is InChI=1S/C41H80O16P2/c1-3-5-7-9-11-13-15-17-19-21-23-25-27-29-34(42)53-31-33(55-35(43)30-28-26-24-22-20-18-16-14-12-10-8-6-4-2)32-54-59(51,52)57-41-38(46)36(44)37(45)40(39(41)47)56-58(48,49)50/h33,36-41,44-47H,3-32H2,1-2H3,(H,51,52)(H2,48,49,50)/t33-,36-,37-,38-,39-,40+,41-/m1/s1/i31D2,32D2,33D. The van der Waals surface area contributed by atoms with Gasteiger partial charge in [-0.1, -0.05) is 168 Å². The number of aliphatic hydroxyl groups excluding tert-OH is 4. The summed E-state index contributed by atoms with van der Waals surface area (Å²) in [4.78, 5) is 55.0. The fourth-order valence-electron chi connectivity index (χ4n) is 6.82. The molecule has 16 nitrogen and oxygen atoms in total. The Morgan fingerprint density at radius 3 is 1.27 bits per heavy atom. The highest BCUT2D eigenvalue weighted by molar-refractivity contribution is 7.47. The minimum absolute atomic E-state index is 0.184. The largest absolute Gasteiger partial charge is 0.472 e. The van der Waals surface area contributed by atoms with Gasteiger partial charge in [0.25, 0.3) is 0 Å². The summed E-state index contributed by atoms with van der Waals surface area (Å²) in [7, 11) is -11.7. The van der Waals surface area contributed by atoms with Gasteiger partial charge in [0.05, 0.1) is 13.4 Å². The number of esters is 2. The number of ether oxygens (including phenoxy) is 2. The van der Waals surface area contributed by atoms with Gasteiger partial charge in [0.15, 0.2) is 6.08 Å². The average Bonchev–Trinajstić information content (AvgIpc) is 3.19. The third-order valence-electron chi connectivity index (χ3n) is 10.3. The molecule has 7 N–H and O–H groups in total. The lowest BCUT2D eigenvalue weighted by Crippen LogP contribution is -2.64. The van der Waals surface area contributed by atoms with Gasteiger partial charge in [0.2, 0.25) is 0 Å². The first kappa shape index (κ1) is 47.5. The molecule has 0 aromatic rings. The van der Waals surface area contributed by atoms with E-state index in [0.717, 1.165) is 64.2 Å². The van der Waals surface area contributed by atoms with Crippen molar-refractivity contribution in [1.29, 1.82) is 0 Å². The zero-order valence-electron chi connectivity index (χ0n) is 40.5. The predicted molar refractivity (Wildman–Crippen MR) is 223 cm³/mol. The molecule has 350 valence electrons. The van der Waals surface area contributed by atoms with Crippen molar-refractivity contribution in [3.8, 4) is 0 Å². The summed E-state index contributed by atoms with van der Waals surface area (Å²) < 4.78 is 90.7. The van der Waals surface area contributed by atoms with Crippen LogP contribution in [-0.4, -0.2) is 103 Å². The molecule has 0 aliphatic heterocycles. The molecular formula is C41H80O16P2. The topological polar surface area (TPSA) is 256 Å². The van der Waals surface area contributed by atoms with Crippen LogP contribution >= 0.6 is 15.6 Å². The number of rotatable bonds is 38. The van der Waals surface area contributed by atoms with Crippen molar-refractivity contribution in [1.82, 2.24) is 0 Å². The summed E-state index contributed by atoms with van der Waals surface area (Å²) in [5.41, 5.74) is 0. The van der Waals surface area contributed by atoms with Gasteiger partial charge in [-0.25, -0.2) is 9.13 Å². The van der Waals surface area contributed by atoms with Crippen molar-refractivity contribution in [2.75, 3.05) is 13.1 Å². The van der Waals surface area contributed by atoms with Crippen LogP contribution in [0.3, 0.4) is 0 Å². The summed E-state index contributed by atoms with van der Waals surface area (Å²) in [5.74, 6) is -2.59. The van der Waals surface area contributed by atoms with Crippen LogP contribution in [0.4, 0.5) is 0 Å². The monoisotopic (exact) mass is 896 g/mol. The van der Waals surface area contributed by atoms with E-state index in [4.69, 9.17) is 16.3 Å². The molecule has 0 spiro atoms. The van der Waals surface area contributed by atoms with Crippen LogP contribution in [-0.2, 0) is 41.8 Å². The molecule has 1 saturated carbocycles. The van der Waals surface area contributed by atoms with E-state index < -0.39 is 89.8 Å². The first-order chi connectivity index (χ1) is 29.9. The Morgan fingerprint density at radius 2 is 0.881 bits per heavy atom. The Kier molecular flexibility index (Phi) is 27.0. The molecule has 0 heterocycles. The smallest absolute Gasteiger partial charge is 0.462 e. The van der Waals surface area contributed by atoms with Crippen LogP contribution in [0.2, 0.25) is 0 Å². The van der Waals surface area contributed by atoms with Crippen molar-refractivity contribution >= 4 is 27.6 Å². The lowest BCUT2D eigenvalue weighted by Gasteiger charge is -2.43. The summed E-state index contributed by atoms with van der Waals surface area (Å²) >= 11 is 0. The van der Waals surface area contributed by atoms with E-state index in [1.54, 1.807) is 0 Å². The Balaban J connectivity index is 3.00. The van der Waals surface area contributed by atoms with E-state index in [-0.39, 0.29) is 19.3 Å². The van der Waals surface area contributed by atoms with Gasteiger partial charge in [-0.15, -0.1) is 0 Å². The molecule has 1 rings (SSSR count). The third-order valence-corrected chi connectivity index (χ3v) is 11.6. The van der Waals surface area contributed by atoms with Gasteiger partial charge in [0.1, 0.15) is 43.2 Å². The quantitative estimate of drug-likeness (QED) is 0.0177. The molecule has 18 heteroatoms. The summed E-state index contributed by atoms with van der Waals surface area (Å²) in [6.07, 6.45) is 6.13. The molecular weight excluding hydrogens is 810 g/mol. The number of aliphatic hydroxyl groups is 4. The summed E-state index contributed by atoms with van der Waals surface area (Å²) in [5, 5.41) is 41.4. The molecule has 0 aromatic carbocycles. The first-order valence-corrected chi connectivity index (χ1v) is 25.1. The minimum atomic E-state index is -6.18. The van der Waals surface area contributed by atoms with E-state index >= 15 is 0 Å². The normalized spacial score (nSPS) is 24.8. The second-order valence-electron chi connectivity index (χ2n) is 15.6. The van der Waals surface area contributed by atoms with Crippen molar-refractivity contribution in [2.24, 2.45) is 0 Å². The maximum atomic E-state index is 13.3. The summed E-state index contributed by atoms with van der Waals surface area (Å²) in [6.45, 7) is -3.79. The molecule has 1 aliphatic carbocycles. The van der Waals surface area contributed by atoms with E-state index in [2.05, 4.69) is 27.4 Å². The Hall–Kier alpha value is -1.00. The highest BCUT2D eigenvalue weighted by Gasteiger charge is 2.54. The lowest BCUT2D eigenvalue weighted by molar-refractivity contribution is -0.216. The maximum absolute atomic E-state index is 13.3. The van der Waals surface area contributed by atoms with Crippen molar-refractivity contribution < 1.29 is 83.7 Å². The van der Waals surface area contributed by atoms with Gasteiger partial charge in [-0.05, 0) is 12.8 Å². The average molecular weight is 896 g/mol. The zero-order chi connectivity index (χ0) is 48.5. The third kappa shape index (κ3) is 28.3. The zero-order valence-corrected chi connectivity index (χ0v) is 37.3. The van der Waals surface area contributed by atoms with Gasteiger partial charge in [-0.2, -0.15) is 0 Å². The van der Waals surface area contributed by atoms with Crippen LogP contribution in [0.5, 0.6) is 0 Å². The molecule has 0 amide bonds. The molecule has 1 fully saturated rings. The number of unbranched alkanes of at least 4 members (excludes halogenated alkanes) is 24. The molecule has 8 atom stereocenters. The highest BCUT2D eigenvalue weighted by Crippen LogP contribution is 2.49. The number of carbonyl (C=O) groups excluding carboxylic acids is 2. The maximum Gasteiger partial charge on any atom is 0.472 e. The SMILES string of the molecule is [2H]C([2H])(OC(=O)CCCCCCCCCCCCCCC)[C@@]([2H])(OC(=O)CCCCCCCCCCCCCCC)C([2H])([2H])OP(=O)(O)O[C@H]1[C@H](O)[C@@H](OP(=O)(O)O)[C@H](O)[C@@H](O)[C@H]1O. The highest BCUT2D eigenvalue weighted by atomic mass is 31.2. The molecule has 0 bridgehead atoms. The number of carbonyl (C=O) groups is 2. The second-order valence-corrected chi connectivity index (χ2v) is 18.1. The number of hydrogen-bond donors (Lipinski definition) is 7. The minimum Gasteiger partial charge on any atom is -0.462 e. The first-order valence-electron chi connectivity index (χ1n) is 24.6. The van der Waals surface area contributed by atoms with Gasteiger partial charge < -0.3 is 44.6 Å². The van der Waals surface area contributed by atoms with Crippen molar-refractivity contribution in [3.63, 3.8) is 0 Å². The van der Waals surface area contributed by atoms with E-state index in [1.165, 1.54) is 77.0 Å². The Morgan fingerprint density at radius 1 is 0.525 bits per heavy atom. The molecule has 0 radical (unpaired) electrons. The van der Waals surface area contributed by atoms with E-state index in [9.17, 15) is 53.8 Å². The lowest BCUT2D eigenvalue weighted by atomic mass is 9.85. The van der Waals surface area contributed by atoms with Crippen molar-refractivity contribution in [3.05, 3.63) is 0 Å². The molecule has 1 aliphatic rings. The van der Waals surface area contributed by atoms with Gasteiger partial charge in [0, 0.05) is 12.8 Å². The van der Waals surface area contributed by atoms with Crippen LogP contribution < -0.4 is 0 Å². The van der Waals surface area contributed by atoms with E-state index in [1.807, 2.05) is 0 Å². The molecule has 0 saturated heterocycles. The van der Waals surface area contributed by atoms with Crippen LogP contribution in [0.25, 0.3) is 0 Å². The number of hydrogen-bond acceptors (Lipinski definition) is 13. The van der Waals surface area contributed by atoms with E-state index in [0.29, 0.717) is 12.8 Å². The number of phosphoric acid groups is 2. The van der Waals surface area contributed by atoms with Gasteiger partial charge >= 0.3 is 27.6 Å². The molecule has 59 heavy (non-hydrogen) atoms. The number of phosphoric ester groups is 2. The Labute approximate surface area is 360 Å². The van der Waals surface area contributed by atoms with Crippen LogP contribution in [0, 0.1) is 0 Å². The molecule has 0 aromatic heterocycles. The fraction of sp³-hybridized carbons (Fsp3) is 0.951. The molecule has 1 unspecified atom stereocenters. The fourth-order valence-corrected chi connectivity index (χ4v) is 8.18. The van der Waals surface area contributed by atoms with Crippen LogP contribution in [0.15, 0.2) is 0 Å². The predicted octanol–water partition coefficient (Wildman–Crippen LogP) is 7.84. The van der Waals surface area contributed by atoms with Crippen LogP contribution in [0.1, 0.15) is 200 Å². The van der Waals surface area contributed by atoms with Gasteiger partial charge in [-0.3, -0.25) is 23.2 Å². The van der Waals surface area contributed by atoms with Crippen molar-refractivity contribution in [2.45, 2.75) is 236 Å². The Bertz CT molecular complexity index is 1400. The summed E-state index contributed by atoms with van der Waals surface area (Å²) in [6, 6.07) is 0.